The summed E-state index contributed by atoms with van der Waals surface area (Å²) in [5, 5.41) is 8.72. The number of nitrogens with zero attached hydrogens (tertiary/aromatic N) is 2. The summed E-state index contributed by atoms with van der Waals surface area (Å²) in [7, 11) is 1.98. The lowest BCUT2D eigenvalue weighted by atomic mass is 10.1. The Bertz CT molecular complexity index is 428. The Morgan fingerprint density at radius 2 is 2.00 bits per heavy atom. The van der Waals surface area contributed by atoms with E-state index in [4.69, 9.17) is 5.11 Å². The van der Waals surface area contributed by atoms with E-state index in [1.165, 1.54) is 24.1 Å². The van der Waals surface area contributed by atoms with Crippen molar-refractivity contribution < 1.29 is 9.90 Å². The highest BCUT2D eigenvalue weighted by Gasteiger charge is 2.16. The number of anilines is 1. The highest BCUT2D eigenvalue weighted by Crippen LogP contribution is 2.25. The van der Waals surface area contributed by atoms with Gasteiger partial charge in [-0.15, -0.1) is 0 Å². The number of hydrogen-bond donors (Lipinski definition) is 1. The van der Waals surface area contributed by atoms with E-state index in [0.717, 1.165) is 19.6 Å². The summed E-state index contributed by atoms with van der Waals surface area (Å²) in [6, 6.07) is 8.45. The van der Waals surface area contributed by atoms with Crippen LogP contribution in [-0.2, 0) is 11.3 Å². The van der Waals surface area contributed by atoms with Crippen LogP contribution in [0, 0.1) is 0 Å². The summed E-state index contributed by atoms with van der Waals surface area (Å²) in [4.78, 5) is 15.1. The van der Waals surface area contributed by atoms with Gasteiger partial charge >= 0.3 is 5.97 Å². The zero-order chi connectivity index (χ0) is 13.7. The molecule has 1 N–H and O–H groups in total. The van der Waals surface area contributed by atoms with Crippen LogP contribution in [0.4, 0.5) is 5.69 Å². The molecule has 0 radical (unpaired) electrons. The first-order chi connectivity index (χ1) is 9.16. The minimum Gasteiger partial charge on any atom is -0.481 e. The van der Waals surface area contributed by atoms with Gasteiger partial charge in [-0.3, -0.25) is 4.79 Å². The standard InChI is InChI=1S/C15H22N2O2/c1-16(11-8-15(18)19)12-13-6-2-3-7-14(13)17-9-4-5-10-17/h2-3,6-7H,4-5,8-12H2,1H3,(H,18,19). The lowest BCUT2D eigenvalue weighted by Gasteiger charge is -2.24. The molecular formula is C15H22N2O2. The summed E-state index contributed by atoms with van der Waals surface area (Å²) >= 11 is 0. The fourth-order valence-corrected chi connectivity index (χ4v) is 2.57. The predicted octanol–water partition coefficient (Wildman–Crippen LogP) is 2.19. The summed E-state index contributed by atoms with van der Waals surface area (Å²) < 4.78 is 0. The third kappa shape index (κ3) is 3.96. The van der Waals surface area contributed by atoms with E-state index in [1.54, 1.807) is 0 Å². The molecular weight excluding hydrogens is 240 g/mol. The third-order valence-electron chi connectivity index (χ3n) is 3.59. The van der Waals surface area contributed by atoms with E-state index in [-0.39, 0.29) is 6.42 Å². The Morgan fingerprint density at radius 3 is 2.68 bits per heavy atom. The molecule has 0 amide bonds. The van der Waals surface area contributed by atoms with Gasteiger partial charge in [0.2, 0.25) is 0 Å². The fraction of sp³-hybridized carbons (Fsp3) is 0.533. The number of rotatable bonds is 6. The molecule has 0 aliphatic carbocycles. The minimum absolute atomic E-state index is 0.197. The van der Waals surface area contributed by atoms with Crippen molar-refractivity contribution in [3.05, 3.63) is 29.8 Å². The van der Waals surface area contributed by atoms with Gasteiger partial charge in [0.05, 0.1) is 6.42 Å². The topological polar surface area (TPSA) is 43.8 Å². The second-order valence-electron chi connectivity index (χ2n) is 5.20. The second-order valence-corrected chi connectivity index (χ2v) is 5.20. The van der Waals surface area contributed by atoms with Gasteiger partial charge in [0, 0.05) is 31.9 Å². The van der Waals surface area contributed by atoms with Gasteiger partial charge in [-0.1, -0.05) is 18.2 Å². The van der Waals surface area contributed by atoms with Gasteiger partial charge in [0.25, 0.3) is 0 Å². The molecule has 0 aromatic heterocycles. The molecule has 1 aliphatic heterocycles. The number of carboxylic acid groups (broad SMARTS) is 1. The van der Waals surface area contributed by atoms with Crippen LogP contribution >= 0.6 is 0 Å². The Kier molecular flexibility index (Phi) is 4.80. The molecule has 4 heteroatoms. The zero-order valence-corrected chi connectivity index (χ0v) is 11.5. The first-order valence-corrected chi connectivity index (χ1v) is 6.90. The molecule has 1 aromatic carbocycles. The van der Waals surface area contributed by atoms with Crippen LogP contribution in [0.1, 0.15) is 24.8 Å². The molecule has 0 spiro atoms. The fourth-order valence-electron chi connectivity index (χ4n) is 2.57. The maximum absolute atomic E-state index is 10.6. The molecule has 0 bridgehead atoms. The van der Waals surface area contributed by atoms with Crippen molar-refractivity contribution in [2.75, 3.05) is 31.6 Å². The van der Waals surface area contributed by atoms with Gasteiger partial charge in [0.15, 0.2) is 0 Å². The van der Waals surface area contributed by atoms with Crippen LogP contribution in [0.2, 0.25) is 0 Å². The largest absolute Gasteiger partial charge is 0.481 e. The number of para-hydroxylation sites is 1. The molecule has 0 saturated carbocycles. The summed E-state index contributed by atoms with van der Waals surface area (Å²) in [5.41, 5.74) is 2.60. The molecule has 1 aliphatic rings. The van der Waals surface area contributed by atoms with Crippen molar-refractivity contribution in [2.45, 2.75) is 25.8 Å². The first kappa shape index (κ1) is 13.9. The SMILES string of the molecule is CN(CCC(=O)O)Cc1ccccc1N1CCCC1. The number of hydrogen-bond acceptors (Lipinski definition) is 3. The number of carboxylic acids is 1. The normalized spacial score (nSPS) is 15.2. The lowest BCUT2D eigenvalue weighted by Crippen LogP contribution is -2.24. The smallest absolute Gasteiger partial charge is 0.304 e. The van der Waals surface area contributed by atoms with Crippen molar-refractivity contribution in [3.8, 4) is 0 Å². The molecule has 2 rings (SSSR count). The lowest BCUT2D eigenvalue weighted by molar-refractivity contribution is -0.137. The minimum atomic E-state index is -0.736. The maximum atomic E-state index is 10.6. The maximum Gasteiger partial charge on any atom is 0.304 e. The van der Waals surface area contributed by atoms with Crippen molar-refractivity contribution in [1.82, 2.24) is 4.90 Å². The average molecular weight is 262 g/mol. The Balaban J connectivity index is 2.00. The molecule has 0 unspecified atom stereocenters. The summed E-state index contributed by atoms with van der Waals surface area (Å²) in [5.74, 6) is -0.736. The first-order valence-electron chi connectivity index (χ1n) is 6.90. The van der Waals surface area contributed by atoms with E-state index < -0.39 is 5.97 Å². The number of aliphatic carboxylic acids is 1. The average Bonchev–Trinajstić information content (AvgIpc) is 2.91. The molecule has 1 aromatic rings. The van der Waals surface area contributed by atoms with E-state index in [0.29, 0.717) is 6.54 Å². The summed E-state index contributed by atoms with van der Waals surface area (Å²) in [6.07, 6.45) is 2.73. The van der Waals surface area contributed by atoms with Crippen LogP contribution in [0.25, 0.3) is 0 Å². The molecule has 1 saturated heterocycles. The van der Waals surface area contributed by atoms with E-state index >= 15 is 0 Å². The quantitative estimate of drug-likeness (QED) is 0.853. The molecule has 1 fully saturated rings. The highest BCUT2D eigenvalue weighted by molar-refractivity contribution is 5.66. The molecule has 4 nitrogen and oxygen atoms in total. The van der Waals surface area contributed by atoms with Crippen LogP contribution in [-0.4, -0.2) is 42.7 Å². The van der Waals surface area contributed by atoms with Crippen molar-refractivity contribution >= 4 is 11.7 Å². The van der Waals surface area contributed by atoms with Crippen LogP contribution in [0.3, 0.4) is 0 Å². The Morgan fingerprint density at radius 1 is 1.32 bits per heavy atom. The van der Waals surface area contributed by atoms with Crippen LogP contribution < -0.4 is 4.90 Å². The monoisotopic (exact) mass is 262 g/mol. The Hall–Kier alpha value is -1.55. The predicted molar refractivity (Wildman–Crippen MR) is 76.5 cm³/mol. The Labute approximate surface area is 114 Å². The van der Waals surface area contributed by atoms with Gasteiger partial charge in [-0.25, -0.2) is 0 Å². The van der Waals surface area contributed by atoms with Gasteiger partial charge in [-0.05, 0) is 31.5 Å². The second kappa shape index (κ2) is 6.57. The van der Waals surface area contributed by atoms with Crippen LogP contribution in [0.15, 0.2) is 24.3 Å². The number of benzene rings is 1. The molecule has 104 valence electrons. The van der Waals surface area contributed by atoms with Crippen LogP contribution in [0.5, 0.6) is 0 Å². The van der Waals surface area contributed by atoms with Crippen molar-refractivity contribution in [2.24, 2.45) is 0 Å². The molecule has 1 heterocycles. The van der Waals surface area contributed by atoms with Crippen molar-refractivity contribution in [3.63, 3.8) is 0 Å². The van der Waals surface area contributed by atoms with Gasteiger partial charge < -0.3 is 14.9 Å². The summed E-state index contributed by atoms with van der Waals surface area (Å²) in [6.45, 7) is 3.66. The third-order valence-corrected chi connectivity index (χ3v) is 3.59. The van der Waals surface area contributed by atoms with E-state index in [2.05, 4.69) is 34.1 Å². The molecule has 19 heavy (non-hydrogen) atoms. The number of carbonyl (C=O) groups is 1. The van der Waals surface area contributed by atoms with E-state index in [1.807, 2.05) is 7.05 Å². The van der Waals surface area contributed by atoms with Crippen molar-refractivity contribution in [1.29, 1.82) is 0 Å². The highest BCUT2D eigenvalue weighted by atomic mass is 16.4. The van der Waals surface area contributed by atoms with Gasteiger partial charge in [-0.2, -0.15) is 0 Å². The zero-order valence-electron chi connectivity index (χ0n) is 11.5. The van der Waals surface area contributed by atoms with Gasteiger partial charge in [0.1, 0.15) is 0 Å². The molecule has 0 atom stereocenters. The van der Waals surface area contributed by atoms with E-state index in [9.17, 15) is 4.79 Å².